The molecular formula is C31H34BrFN2O6. The molecule has 1 aliphatic heterocycles. The van der Waals surface area contributed by atoms with E-state index in [9.17, 15) is 23.6 Å². The van der Waals surface area contributed by atoms with Crippen molar-refractivity contribution in [3.05, 3.63) is 69.4 Å². The summed E-state index contributed by atoms with van der Waals surface area (Å²) >= 11 is 3.44. The molecule has 1 heterocycles. The Hall–Kier alpha value is -3.27. The Labute approximate surface area is 247 Å². The maximum absolute atomic E-state index is 13.8. The number of nitrogens with zero attached hydrogens (tertiary/aromatic N) is 2. The number of fused-ring (bicyclic) bond motifs is 2. The number of benzene rings is 2. The van der Waals surface area contributed by atoms with Gasteiger partial charge in [0.2, 0.25) is 11.5 Å². The van der Waals surface area contributed by atoms with Gasteiger partial charge in [0.25, 0.3) is 5.91 Å². The van der Waals surface area contributed by atoms with E-state index in [1.54, 1.807) is 29.2 Å². The van der Waals surface area contributed by atoms with Crippen LogP contribution in [0.2, 0.25) is 0 Å². The number of imide groups is 1. The van der Waals surface area contributed by atoms with Gasteiger partial charge in [0, 0.05) is 29.0 Å². The van der Waals surface area contributed by atoms with Gasteiger partial charge in [-0.1, -0.05) is 47.5 Å². The number of aryl methyl sites for hydroxylation is 1. The minimum atomic E-state index is -1.41. The maximum Gasteiger partial charge on any atom is 0.418 e. The molecule has 2 aromatic rings. The molecule has 3 amide bonds. The van der Waals surface area contributed by atoms with Gasteiger partial charge in [-0.2, -0.15) is 0 Å². The Balaban J connectivity index is 1.31. The lowest BCUT2D eigenvalue weighted by Gasteiger charge is -2.37. The SMILES string of the molecule is CCCCOC(=O)C1CCC(N(Cc2ccc(F)cc2)C(=O)CN2C(=O)OC3(CCc4cc(Br)ccc43)C2=O)CC1. The predicted molar refractivity (Wildman–Crippen MR) is 151 cm³/mol. The van der Waals surface area contributed by atoms with Gasteiger partial charge in [-0.3, -0.25) is 14.4 Å². The minimum absolute atomic E-state index is 0.189. The smallest absolute Gasteiger partial charge is 0.418 e. The van der Waals surface area contributed by atoms with Crippen LogP contribution >= 0.6 is 15.9 Å². The Morgan fingerprint density at radius 2 is 1.85 bits per heavy atom. The van der Waals surface area contributed by atoms with E-state index in [1.165, 1.54) is 12.1 Å². The van der Waals surface area contributed by atoms with Gasteiger partial charge >= 0.3 is 12.1 Å². The molecular weight excluding hydrogens is 595 g/mol. The van der Waals surface area contributed by atoms with Crippen LogP contribution in [0.25, 0.3) is 0 Å². The van der Waals surface area contributed by atoms with Crippen LogP contribution in [-0.2, 0) is 42.4 Å². The number of halogens is 2. The van der Waals surface area contributed by atoms with Crippen molar-refractivity contribution < 1.29 is 33.0 Å². The van der Waals surface area contributed by atoms with Crippen LogP contribution in [0.5, 0.6) is 0 Å². The van der Waals surface area contributed by atoms with Crippen molar-refractivity contribution in [2.24, 2.45) is 5.92 Å². The van der Waals surface area contributed by atoms with E-state index in [4.69, 9.17) is 9.47 Å². The average Bonchev–Trinajstić information content (AvgIpc) is 3.44. The molecule has 10 heteroatoms. The molecule has 1 spiro atoms. The molecule has 1 saturated heterocycles. The number of ether oxygens (including phenoxy) is 2. The van der Waals surface area contributed by atoms with E-state index in [0.717, 1.165) is 33.3 Å². The summed E-state index contributed by atoms with van der Waals surface area (Å²) in [5.74, 6) is -1.73. The van der Waals surface area contributed by atoms with Gasteiger partial charge in [0.05, 0.1) is 12.5 Å². The summed E-state index contributed by atoms with van der Waals surface area (Å²) in [6.45, 7) is 2.18. The number of carbonyl (C=O) groups is 4. The van der Waals surface area contributed by atoms with Crippen LogP contribution < -0.4 is 0 Å². The molecule has 2 aromatic carbocycles. The molecule has 2 fully saturated rings. The van der Waals surface area contributed by atoms with Crippen molar-refractivity contribution in [1.29, 1.82) is 0 Å². The van der Waals surface area contributed by atoms with E-state index in [2.05, 4.69) is 15.9 Å². The van der Waals surface area contributed by atoms with Crippen molar-refractivity contribution in [2.75, 3.05) is 13.2 Å². The third-order valence-electron chi connectivity index (χ3n) is 8.41. The molecule has 1 atom stereocenters. The van der Waals surface area contributed by atoms with Crippen LogP contribution in [0.1, 0.15) is 68.6 Å². The highest BCUT2D eigenvalue weighted by Crippen LogP contribution is 2.46. The minimum Gasteiger partial charge on any atom is -0.465 e. The first-order valence-corrected chi connectivity index (χ1v) is 15.1. The number of amides is 3. The highest BCUT2D eigenvalue weighted by atomic mass is 79.9. The van der Waals surface area contributed by atoms with Gasteiger partial charge in [-0.25, -0.2) is 14.1 Å². The normalized spacial score (nSPS) is 23.4. The van der Waals surface area contributed by atoms with E-state index in [1.807, 2.05) is 13.0 Å². The number of carbonyl (C=O) groups excluding carboxylic acids is 4. The lowest BCUT2D eigenvalue weighted by Crippen LogP contribution is -2.48. The monoisotopic (exact) mass is 628 g/mol. The van der Waals surface area contributed by atoms with Gasteiger partial charge in [-0.05, 0) is 73.9 Å². The molecule has 2 aliphatic carbocycles. The molecule has 1 unspecified atom stereocenters. The van der Waals surface area contributed by atoms with Crippen LogP contribution in [0.3, 0.4) is 0 Å². The third kappa shape index (κ3) is 6.03. The Morgan fingerprint density at radius 3 is 2.56 bits per heavy atom. The molecule has 3 aliphatic rings. The number of rotatable bonds is 9. The van der Waals surface area contributed by atoms with Gasteiger partial charge in [-0.15, -0.1) is 0 Å². The number of hydrogen-bond acceptors (Lipinski definition) is 6. The van der Waals surface area contributed by atoms with E-state index in [0.29, 0.717) is 50.7 Å². The number of esters is 1. The Morgan fingerprint density at radius 1 is 1.12 bits per heavy atom. The highest BCUT2D eigenvalue weighted by Gasteiger charge is 2.58. The second kappa shape index (κ2) is 12.3. The van der Waals surface area contributed by atoms with Crippen molar-refractivity contribution in [3.63, 3.8) is 0 Å². The van der Waals surface area contributed by atoms with Crippen LogP contribution in [-0.4, -0.2) is 52.9 Å². The third-order valence-corrected chi connectivity index (χ3v) is 8.91. The van der Waals surface area contributed by atoms with Gasteiger partial charge < -0.3 is 14.4 Å². The number of unbranched alkanes of at least 4 members (excludes halogenated alkanes) is 1. The summed E-state index contributed by atoms with van der Waals surface area (Å²) in [5.41, 5.74) is 0.895. The summed E-state index contributed by atoms with van der Waals surface area (Å²) in [7, 11) is 0. The van der Waals surface area contributed by atoms with E-state index in [-0.39, 0.29) is 30.3 Å². The summed E-state index contributed by atoms with van der Waals surface area (Å²) in [5, 5.41) is 0. The fourth-order valence-electron chi connectivity index (χ4n) is 6.11. The first kappa shape index (κ1) is 29.2. The van der Waals surface area contributed by atoms with Crippen LogP contribution in [0, 0.1) is 11.7 Å². The first-order chi connectivity index (χ1) is 19.7. The summed E-state index contributed by atoms with van der Waals surface area (Å²) < 4.78 is 25.6. The zero-order valence-electron chi connectivity index (χ0n) is 23.1. The fraction of sp³-hybridized carbons (Fsp3) is 0.484. The Kier molecular flexibility index (Phi) is 8.77. The van der Waals surface area contributed by atoms with E-state index >= 15 is 0 Å². The molecule has 0 bridgehead atoms. The van der Waals surface area contributed by atoms with Crippen molar-refractivity contribution in [1.82, 2.24) is 9.80 Å². The largest absolute Gasteiger partial charge is 0.465 e. The quantitative estimate of drug-likeness (QED) is 0.264. The Bertz CT molecular complexity index is 1330. The molecule has 0 radical (unpaired) electrons. The molecule has 5 rings (SSSR count). The molecule has 1 saturated carbocycles. The molecule has 218 valence electrons. The first-order valence-electron chi connectivity index (χ1n) is 14.3. The predicted octanol–water partition coefficient (Wildman–Crippen LogP) is 5.64. The summed E-state index contributed by atoms with van der Waals surface area (Å²) in [4.78, 5) is 55.5. The van der Waals surface area contributed by atoms with Crippen LogP contribution in [0.4, 0.5) is 9.18 Å². The maximum atomic E-state index is 13.8. The van der Waals surface area contributed by atoms with E-state index < -0.39 is 30.1 Å². The number of hydrogen-bond donors (Lipinski definition) is 0. The molecule has 0 N–H and O–H groups in total. The zero-order valence-corrected chi connectivity index (χ0v) is 24.7. The standard InChI is InChI=1S/C31H34BrFN2O6/c1-2-3-16-40-28(37)21-6-11-25(12-7-21)34(18-20-4-9-24(33)10-5-20)27(36)19-35-29(38)31(41-30(35)39)15-14-22-17-23(32)8-13-26(22)31/h4-5,8-10,13,17,21,25H,2-3,6-7,11-12,14-16,18-19H2,1H3. The highest BCUT2D eigenvalue weighted by molar-refractivity contribution is 9.10. The van der Waals surface area contributed by atoms with Crippen LogP contribution in [0.15, 0.2) is 46.9 Å². The van der Waals surface area contributed by atoms with Gasteiger partial charge in [0.1, 0.15) is 12.4 Å². The molecule has 8 nitrogen and oxygen atoms in total. The lowest BCUT2D eigenvalue weighted by molar-refractivity contribution is -0.150. The summed E-state index contributed by atoms with van der Waals surface area (Å²) in [6.07, 6.45) is 4.13. The average molecular weight is 630 g/mol. The van der Waals surface area contributed by atoms with Crippen molar-refractivity contribution in [3.8, 4) is 0 Å². The topological polar surface area (TPSA) is 93.2 Å². The molecule has 41 heavy (non-hydrogen) atoms. The summed E-state index contributed by atoms with van der Waals surface area (Å²) in [6, 6.07) is 11.2. The second-order valence-corrected chi connectivity index (χ2v) is 12.0. The molecule has 0 aromatic heterocycles. The van der Waals surface area contributed by atoms with Crippen molar-refractivity contribution in [2.45, 2.75) is 76.5 Å². The zero-order chi connectivity index (χ0) is 29.1. The second-order valence-electron chi connectivity index (χ2n) is 11.1. The van der Waals surface area contributed by atoms with Gasteiger partial charge in [0.15, 0.2) is 0 Å². The fourth-order valence-corrected chi connectivity index (χ4v) is 6.52. The lowest BCUT2D eigenvalue weighted by atomic mass is 9.85. The van der Waals surface area contributed by atoms with Crippen molar-refractivity contribution >= 4 is 39.8 Å².